The van der Waals surface area contributed by atoms with Crippen LogP contribution in [0.25, 0.3) is 0 Å². The lowest BCUT2D eigenvalue weighted by molar-refractivity contribution is -0.117. The van der Waals surface area contributed by atoms with Crippen LogP contribution in [-0.2, 0) is 11.3 Å². The first kappa shape index (κ1) is 17.3. The smallest absolute Gasteiger partial charge is 0.248 e. The highest BCUT2D eigenvalue weighted by Gasteiger charge is 2.26. The average Bonchev–Trinajstić information content (AvgIpc) is 3.17. The Kier molecular flexibility index (Phi) is 4.64. The van der Waals surface area contributed by atoms with Gasteiger partial charge in [-0.3, -0.25) is 14.9 Å². The molecule has 136 valence electrons. The number of nitrogens with one attached hydrogen (secondary N) is 1. The van der Waals surface area contributed by atoms with Crippen molar-refractivity contribution in [2.75, 3.05) is 18.6 Å². The van der Waals surface area contributed by atoms with Crippen LogP contribution >= 0.6 is 11.6 Å². The Bertz CT molecular complexity index is 997. The number of rotatable bonds is 4. The maximum Gasteiger partial charge on any atom is 0.248 e. The minimum Gasteiger partial charge on any atom is -0.497 e. The monoisotopic (exact) mass is 380 g/mol. The van der Waals surface area contributed by atoms with E-state index in [1.165, 1.54) is 0 Å². The number of aliphatic imine (C=N–C) groups is 1. The molecule has 0 saturated heterocycles. The number of aromatic amines is 1. The van der Waals surface area contributed by atoms with Crippen molar-refractivity contribution >= 4 is 28.9 Å². The van der Waals surface area contributed by atoms with E-state index in [1.54, 1.807) is 30.5 Å². The molecule has 0 fully saturated rings. The number of methoxy groups -OCH3 is 1. The number of anilines is 1. The van der Waals surface area contributed by atoms with Gasteiger partial charge in [-0.05, 0) is 35.9 Å². The molecule has 2 aromatic carbocycles. The lowest BCUT2D eigenvalue weighted by Crippen LogP contribution is -2.31. The summed E-state index contributed by atoms with van der Waals surface area (Å²) in [5.41, 5.74) is 4.10. The van der Waals surface area contributed by atoms with E-state index in [9.17, 15) is 4.79 Å². The molecular weight excluding hydrogens is 364 g/mol. The molecule has 0 bridgehead atoms. The molecule has 2 heterocycles. The highest BCUT2D eigenvalue weighted by atomic mass is 35.5. The van der Waals surface area contributed by atoms with E-state index >= 15 is 0 Å². The van der Waals surface area contributed by atoms with E-state index < -0.39 is 0 Å². The van der Waals surface area contributed by atoms with Crippen LogP contribution < -0.4 is 9.64 Å². The number of halogens is 1. The summed E-state index contributed by atoms with van der Waals surface area (Å²) < 4.78 is 5.20. The average molecular weight is 381 g/mol. The van der Waals surface area contributed by atoms with Gasteiger partial charge in [-0.2, -0.15) is 5.10 Å². The van der Waals surface area contributed by atoms with Gasteiger partial charge in [0.1, 0.15) is 12.3 Å². The third kappa shape index (κ3) is 3.44. The van der Waals surface area contributed by atoms with E-state index in [-0.39, 0.29) is 12.5 Å². The third-order valence-corrected chi connectivity index (χ3v) is 4.68. The van der Waals surface area contributed by atoms with Crippen molar-refractivity contribution in [3.05, 3.63) is 76.6 Å². The molecule has 0 aliphatic carbocycles. The SMILES string of the molecule is COc1ccc(CN2C(=O)CN=C(c3cn[nH]c3)c3cc(Cl)ccc32)cc1. The van der Waals surface area contributed by atoms with Gasteiger partial charge in [0.15, 0.2) is 0 Å². The minimum atomic E-state index is -0.0760. The molecule has 0 unspecified atom stereocenters. The molecule has 1 N–H and O–H groups in total. The second-order valence-corrected chi connectivity index (χ2v) is 6.58. The van der Waals surface area contributed by atoms with Crippen LogP contribution in [0.15, 0.2) is 59.9 Å². The number of benzodiazepines with no additional fused rings is 1. The maximum absolute atomic E-state index is 12.8. The summed E-state index contributed by atoms with van der Waals surface area (Å²) in [6.07, 6.45) is 3.44. The van der Waals surface area contributed by atoms with E-state index in [0.29, 0.717) is 17.3 Å². The number of aromatic nitrogens is 2. The van der Waals surface area contributed by atoms with Crippen molar-refractivity contribution in [3.63, 3.8) is 0 Å². The largest absolute Gasteiger partial charge is 0.497 e. The van der Waals surface area contributed by atoms with Crippen molar-refractivity contribution in [1.29, 1.82) is 0 Å². The fraction of sp³-hybridized carbons (Fsp3) is 0.150. The van der Waals surface area contributed by atoms with Gasteiger partial charge in [-0.15, -0.1) is 0 Å². The molecule has 0 atom stereocenters. The van der Waals surface area contributed by atoms with Gasteiger partial charge < -0.3 is 9.64 Å². The number of H-pyrrole nitrogens is 1. The van der Waals surface area contributed by atoms with Crippen molar-refractivity contribution < 1.29 is 9.53 Å². The van der Waals surface area contributed by atoms with Crippen LogP contribution in [0.5, 0.6) is 5.75 Å². The Morgan fingerprint density at radius 1 is 1.22 bits per heavy atom. The predicted octanol–water partition coefficient (Wildman–Crippen LogP) is 3.46. The number of hydrogen-bond donors (Lipinski definition) is 1. The lowest BCUT2D eigenvalue weighted by Gasteiger charge is -2.23. The molecular formula is C20H17ClN4O2. The lowest BCUT2D eigenvalue weighted by atomic mass is 10.0. The van der Waals surface area contributed by atoms with Crippen molar-refractivity contribution in [3.8, 4) is 5.75 Å². The number of carbonyl (C=O) groups excluding carboxylic acids is 1. The zero-order chi connectivity index (χ0) is 18.8. The second kappa shape index (κ2) is 7.25. The van der Waals surface area contributed by atoms with E-state index in [1.807, 2.05) is 36.4 Å². The summed E-state index contributed by atoms with van der Waals surface area (Å²) in [5, 5.41) is 7.37. The molecule has 0 saturated carbocycles. The van der Waals surface area contributed by atoms with Gasteiger partial charge in [0.05, 0.1) is 31.3 Å². The molecule has 4 rings (SSSR count). The number of hydrogen-bond acceptors (Lipinski definition) is 4. The van der Waals surface area contributed by atoms with Gasteiger partial charge in [-0.25, -0.2) is 0 Å². The second-order valence-electron chi connectivity index (χ2n) is 6.14. The van der Waals surface area contributed by atoms with Gasteiger partial charge in [0, 0.05) is 22.3 Å². The number of fused-ring (bicyclic) bond motifs is 1. The quantitative estimate of drug-likeness (QED) is 0.753. The predicted molar refractivity (Wildman–Crippen MR) is 105 cm³/mol. The van der Waals surface area contributed by atoms with Crippen LogP contribution in [0.1, 0.15) is 16.7 Å². The molecule has 0 spiro atoms. The Morgan fingerprint density at radius 3 is 2.74 bits per heavy atom. The highest BCUT2D eigenvalue weighted by molar-refractivity contribution is 6.32. The van der Waals surface area contributed by atoms with Crippen LogP contribution in [-0.4, -0.2) is 35.5 Å². The molecule has 1 aliphatic heterocycles. The Labute approximate surface area is 161 Å². The van der Waals surface area contributed by atoms with Crippen LogP contribution in [0, 0.1) is 0 Å². The summed E-state index contributed by atoms with van der Waals surface area (Å²) in [7, 11) is 1.63. The van der Waals surface area contributed by atoms with Gasteiger partial charge in [-0.1, -0.05) is 23.7 Å². The Hall–Kier alpha value is -3.12. The van der Waals surface area contributed by atoms with Crippen LogP contribution in [0.4, 0.5) is 5.69 Å². The first-order valence-corrected chi connectivity index (χ1v) is 8.80. The summed E-state index contributed by atoms with van der Waals surface area (Å²) in [6.45, 7) is 0.495. The number of benzene rings is 2. The van der Waals surface area contributed by atoms with E-state index in [0.717, 1.165) is 28.1 Å². The number of nitrogens with zero attached hydrogens (tertiary/aromatic N) is 3. The first-order chi connectivity index (χ1) is 13.2. The zero-order valence-corrected chi connectivity index (χ0v) is 15.4. The number of ether oxygens (including phenoxy) is 1. The summed E-state index contributed by atoms with van der Waals surface area (Å²) in [5.74, 6) is 0.701. The molecule has 0 radical (unpaired) electrons. The van der Waals surface area contributed by atoms with Crippen molar-refractivity contribution in [2.45, 2.75) is 6.54 Å². The molecule has 3 aromatic rings. The number of amides is 1. The molecule has 6 nitrogen and oxygen atoms in total. The van der Waals surface area contributed by atoms with Crippen molar-refractivity contribution in [2.24, 2.45) is 4.99 Å². The molecule has 1 amide bonds. The Morgan fingerprint density at radius 2 is 2.04 bits per heavy atom. The zero-order valence-electron chi connectivity index (χ0n) is 14.6. The fourth-order valence-electron chi connectivity index (χ4n) is 3.10. The van der Waals surface area contributed by atoms with Gasteiger partial charge >= 0.3 is 0 Å². The molecule has 1 aliphatic rings. The van der Waals surface area contributed by atoms with Gasteiger partial charge in [0.25, 0.3) is 0 Å². The van der Waals surface area contributed by atoms with Crippen LogP contribution in [0.2, 0.25) is 5.02 Å². The van der Waals surface area contributed by atoms with E-state index in [2.05, 4.69) is 15.2 Å². The van der Waals surface area contributed by atoms with Gasteiger partial charge in [0.2, 0.25) is 5.91 Å². The maximum atomic E-state index is 12.8. The van der Waals surface area contributed by atoms with Crippen LogP contribution in [0.3, 0.4) is 0 Å². The minimum absolute atomic E-state index is 0.0585. The molecule has 1 aromatic heterocycles. The normalized spacial score (nSPS) is 13.8. The van der Waals surface area contributed by atoms with Crippen molar-refractivity contribution in [1.82, 2.24) is 10.2 Å². The third-order valence-electron chi connectivity index (χ3n) is 4.45. The summed E-state index contributed by atoms with van der Waals surface area (Å²) >= 11 is 6.24. The van der Waals surface area contributed by atoms with E-state index in [4.69, 9.17) is 16.3 Å². The topological polar surface area (TPSA) is 70.6 Å². The molecule has 7 heteroatoms. The molecule has 27 heavy (non-hydrogen) atoms. The Balaban J connectivity index is 1.76. The number of carbonyl (C=O) groups is 1. The standard InChI is InChI=1S/C20H17ClN4O2/c1-27-16-5-2-13(3-6-16)12-25-18-7-4-15(21)8-17(18)20(22-11-19(25)26)14-9-23-24-10-14/h2-10H,11-12H2,1H3,(H,23,24). The summed E-state index contributed by atoms with van der Waals surface area (Å²) in [6, 6.07) is 13.1. The highest BCUT2D eigenvalue weighted by Crippen LogP contribution is 2.30. The fourth-order valence-corrected chi connectivity index (χ4v) is 3.27. The first-order valence-electron chi connectivity index (χ1n) is 8.42. The summed E-state index contributed by atoms with van der Waals surface area (Å²) in [4.78, 5) is 19.1.